The highest BCUT2D eigenvalue weighted by atomic mass is 16.5. The van der Waals surface area contributed by atoms with Gasteiger partial charge in [-0.2, -0.15) is 0 Å². The van der Waals surface area contributed by atoms with Gasteiger partial charge in [0, 0.05) is 26.3 Å². The Morgan fingerprint density at radius 3 is 3.06 bits per heavy atom. The lowest BCUT2D eigenvalue weighted by atomic mass is 10.0. The zero-order chi connectivity index (χ0) is 12.5. The molecule has 0 saturated carbocycles. The quantitative estimate of drug-likeness (QED) is 0.632. The molecule has 1 rings (SSSR count). The van der Waals surface area contributed by atoms with Gasteiger partial charge in [-0.3, -0.25) is 4.79 Å². The van der Waals surface area contributed by atoms with Crippen molar-refractivity contribution in [2.75, 3.05) is 33.4 Å². The monoisotopic (exact) mass is 244 g/mol. The molecule has 17 heavy (non-hydrogen) atoms. The minimum Gasteiger partial charge on any atom is -0.385 e. The Balaban J connectivity index is 2.06. The van der Waals surface area contributed by atoms with E-state index in [1.807, 2.05) is 0 Å². The molecule has 5 nitrogen and oxygen atoms in total. The number of piperidine rings is 1. The predicted molar refractivity (Wildman–Crippen MR) is 65.9 cm³/mol. The number of hydrogen-bond acceptors (Lipinski definition) is 4. The predicted octanol–water partition coefficient (Wildman–Crippen LogP) is 0.296. The number of methoxy groups -OCH3 is 1. The first kappa shape index (κ1) is 14.4. The molecule has 0 radical (unpaired) electrons. The third kappa shape index (κ3) is 6.00. The van der Waals surface area contributed by atoms with Crippen LogP contribution in [0.4, 0.5) is 0 Å². The van der Waals surface area contributed by atoms with Crippen LogP contribution in [0.1, 0.15) is 26.2 Å². The molecule has 1 fully saturated rings. The van der Waals surface area contributed by atoms with Crippen LogP contribution in [-0.2, 0) is 14.3 Å². The molecule has 1 amide bonds. The van der Waals surface area contributed by atoms with Gasteiger partial charge < -0.3 is 20.1 Å². The SMILES string of the molecule is COCCCNC(=O)COC1CCCNC1C. The van der Waals surface area contributed by atoms with Crippen LogP contribution in [0.25, 0.3) is 0 Å². The average Bonchev–Trinajstić information content (AvgIpc) is 2.34. The molecule has 1 aliphatic rings. The molecule has 1 saturated heterocycles. The zero-order valence-corrected chi connectivity index (χ0v) is 10.8. The van der Waals surface area contributed by atoms with Crippen molar-refractivity contribution in [2.24, 2.45) is 0 Å². The van der Waals surface area contributed by atoms with E-state index in [-0.39, 0.29) is 18.6 Å². The van der Waals surface area contributed by atoms with Crippen molar-refractivity contribution < 1.29 is 14.3 Å². The Labute approximate surface area is 103 Å². The molecule has 0 bridgehead atoms. The summed E-state index contributed by atoms with van der Waals surface area (Å²) in [6.07, 6.45) is 3.15. The fourth-order valence-corrected chi connectivity index (χ4v) is 1.92. The molecule has 5 heteroatoms. The van der Waals surface area contributed by atoms with Gasteiger partial charge >= 0.3 is 0 Å². The normalized spacial score (nSPS) is 24.6. The highest BCUT2D eigenvalue weighted by Crippen LogP contribution is 2.11. The summed E-state index contributed by atoms with van der Waals surface area (Å²) in [4.78, 5) is 11.5. The molecule has 2 atom stereocenters. The molecular weight excluding hydrogens is 220 g/mol. The number of amides is 1. The summed E-state index contributed by atoms with van der Waals surface area (Å²) in [7, 11) is 1.66. The molecular formula is C12H24N2O3. The van der Waals surface area contributed by atoms with Gasteiger partial charge in [0.1, 0.15) is 6.61 Å². The van der Waals surface area contributed by atoms with Crippen LogP contribution in [0.15, 0.2) is 0 Å². The Hall–Kier alpha value is -0.650. The molecule has 1 heterocycles. The van der Waals surface area contributed by atoms with Crippen molar-refractivity contribution in [3.8, 4) is 0 Å². The minimum absolute atomic E-state index is 0.0427. The molecule has 100 valence electrons. The second kappa shape index (κ2) is 8.44. The first-order chi connectivity index (χ1) is 8.24. The van der Waals surface area contributed by atoms with Crippen LogP contribution in [0.5, 0.6) is 0 Å². The second-order valence-corrected chi connectivity index (χ2v) is 4.43. The Bertz CT molecular complexity index is 224. The maximum absolute atomic E-state index is 11.5. The first-order valence-electron chi connectivity index (χ1n) is 6.34. The van der Waals surface area contributed by atoms with Gasteiger partial charge in [0.15, 0.2) is 0 Å². The topological polar surface area (TPSA) is 59.6 Å². The largest absolute Gasteiger partial charge is 0.385 e. The Kier molecular flexibility index (Phi) is 7.16. The zero-order valence-electron chi connectivity index (χ0n) is 10.8. The molecule has 0 aliphatic carbocycles. The van der Waals surface area contributed by atoms with Crippen LogP contribution in [0.3, 0.4) is 0 Å². The number of carbonyl (C=O) groups excluding carboxylic acids is 1. The van der Waals surface area contributed by atoms with Crippen LogP contribution in [-0.4, -0.2) is 51.5 Å². The highest BCUT2D eigenvalue weighted by molar-refractivity contribution is 5.77. The van der Waals surface area contributed by atoms with Crippen molar-refractivity contribution >= 4 is 5.91 Å². The molecule has 0 aromatic carbocycles. The Morgan fingerprint density at radius 1 is 1.53 bits per heavy atom. The molecule has 2 N–H and O–H groups in total. The maximum atomic E-state index is 11.5. The van der Waals surface area contributed by atoms with Crippen molar-refractivity contribution in [2.45, 2.75) is 38.3 Å². The van der Waals surface area contributed by atoms with Crippen LogP contribution < -0.4 is 10.6 Å². The van der Waals surface area contributed by atoms with Gasteiger partial charge in [0.05, 0.1) is 6.10 Å². The van der Waals surface area contributed by atoms with Crippen molar-refractivity contribution in [3.63, 3.8) is 0 Å². The lowest BCUT2D eigenvalue weighted by molar-refractivity contribution is -0.128. The standard InChI is InChI=1S/C12H24N2O3/c1-10-11(5-3-6-13-10)17-9-12(15)14-7-4-8-16-2/h10-11,13H,3-9H2,1-2H3,(H,14,15). The molecule has 1 aliphatic heterocycles. The summed E-state index contributed by atoms with van der Waals surface area (Å²) in [6, 6.07) is 0.338. The van der Waals surface area contributed by atoms with Crippen LogP contribution in [0, 0.1) is 0 Å². The lowest BCUT2D eigenvalue weighted by Crippen LogP contribution is -2.45. The molecule has 0 spiro atoms. The number of nitrogens with one attached hydrogen (secondary N) is 2. The second-order valence-electron chi connectivity index (χ2n) is 4.43. The van der Waals surface area contributed by atoms with Gasteiger partial charge in [0.2, 0.25) is 5.91 Å². The highest BCUT2D eigenvalue weighted by Gasteiger charge is 2.21. The molecule has 0 aromatic rings. The number of ether oxygens (including phenoxy) is 2. The third-order valence-electron chi connectivity index (χ3n) is 2.97. The lowest BCUT2D eigenvalue weighted by Gasteiger charge is -2.29. The molecule has 2 unspecified atom stereocenters. The van der Waals surface area contributed by atoms with Gasteiger partial charge in [-0.05, 0) is 32.7 Å². The van der Waals surface area contributed by atoms with Crippen LogP contribution in [0.2, 0.25) is 0 Å². The summed E-state index contributed by atoms with van der Waals surface area (Å²) in [6.45, 7) is 4.62. The fraction of sp³-hybridized carbons (Fsp3) is 0.917. The summed E-state index contributed by atoms with van der Waals surface area (Å²) < 4.78 is 10.5. The summed E-state index contributed by atoms with van der Waals surface area (Å²) >= 11 is 0. The van der Waals surface area contributed by atoms with E-state index in [0.717, 1.165) is 25.8 Å². The van der Waals surface area contributed by atoms with Gasteiger partial charge in [-0.25, -0.2) is 0 Å². The van der Waals surface area contributed by atoms with Crippen LogP contribution >= 0.6 is 0 Å². The average molecular weight is 244 g/mol. The summed E-state index contributed by atoms with van der Waals surface area (Å²) in [5.74, 6) is -0.0427. The summed E-state index contributed by atoms with van der Waals surface area (Å²) in [5, 5.41) is 6.15. The fourth-order valence-electron chi connectivity index (χ4n) is 1.92. The van der Waals surface area contributed by atoms with Crippen molar-refractivity contribution in [1.82, 2.24) is 10.6 Å². The number of carbonyl (C=O) groups is 1. The van der Waals surface area contributed by atoms with Crippen molar-refractivity contribution in [1.29, 1.82) is 0 Å². The smallest absolute Gasteiger partial charge is 0.246 e. The number of rotatable bonds is 7. The Morgan fingerprint density at radius 2 is 2.35 bits per heavy atom. The van der Waals surface area contributed by atoms with E-state index < -0.39 is 0 Å². The third-order valence-corrected chi connectivity index (χ3v) is 2.97. The van der Waals surface area contributed by atoms with Gasteiger partial charge in [0.25, 0.3) is 0 Å². The van der Waals surface area contributed by atoms with E-state index in [0.29, 0.717) is 19.2 Å². The van der Waals surface area contributed by atoms with E-state index in [9.17, 15) is 4.79 Å². The van der Waals surface area contributed by atoms with E-state index >= 15 is 0 Å². The van der Waals surface area contributed by atoms with E-state index in [4.69, 9.17) is 9.47 Å². The van der Waals surface area contributed by atoms with Gasteiger partial charge in [-0.15, -0.1) is 0 Å². The van der Waals surface area contributed by atoms with Crippen molar-refractivity contribution in [3.05, 3.63) is 0 Å². The summed E-state index contributed by atoms with van der Waals surface area (Å²) in [5.41, 5.74) is 0. The first-order valence-corrected chi connectivity index (χ1v) is 6.34. The molecule has 0 aromatic heterocycles. The van der Waals surface area contributed by atoms with E-state index in [1.165, 1.54) is 0 Å². The maximum Gasteiger partial charge on any atom is 0.246 e. The van der Waals surface area contributed by atoms with E-state index in [2.05, 4.69) is 17.6 Å². The minimum atomic E-state index is -0.0427. The number of hydrogen-bond donors (Lipinski definition) is 2. The van der Waals surface area contributed by atoms with Gasteiger partial charge in [-0.1, -0.05) is 0 Å². The van der Waals surface area contributed by atoms with E-state index in [1.54, 1.807) is 7.11 Å².